The molecule has 0 unspecified atom stereocenters. The molecule has 53 heavy (non-hydrogen) atoms. The van der Waals surface area contributed by atoms with Gasteiger partial charge in [-0.25, -0.2) is 24.4 Å². The van der Waals surface area contributed by atoms with Gasteiger partial charge in [0.2, 0.25) is 0 Å². The Labute approximate surface area is 303 Å². The average molecular weight is 746 g/mol. The van der Waals surface area contributed by atoms with Gasteiger partial charge in [0.15, 0.2) is 0 Å². The number of nitrogens with zero attached hydrogens (tertiary/aromatic N) is 8. The van der Waals surface area contributed by atoms with Crippen molar-refractivity contribution in [2.45, 2.75) is 0 Å². The summed E-state index contributed by atoms with van der Waals surface area (Å²) in [6.45, 7) is 0. The van der Waals surface area contributed by atoms with Crippen LogP contribution >= 0.6 is 0 Å². The topological polar surface area (TPSA) is 251 Å². The van der Waals surface area contributed by atoms with Crippen molar-refractivity contribution in [3.63, 3.8) is 0 Å². The average Bonchev–Trinajstić information content (AvgIpc) is 3.98. The standard InChI is InChI=1S/C35H18N14O3.Zn/c50-33-36-19-5-13-15(7-21(19)38-33)29-45-27(13)43-25-11-3-1-2-4-12(11)26(42-25)44-28-14-6-20-22(39-34(51)37-20)8-16(14)30(46-28)48-32-18-10-24-23(40-35(52)41-24)9-17(18)31(47-29)49-32;/h1-10H,(H8,36,37,38,39,40,41,42,43,44,45,46,47,48,49,50,51,52);/q;+2/p-2. The zero-order valence-corrected chi connectivity index (χ0v) is 29.8. The van der Waals surface area contributed by atoms with Gasteiger partial charge in [-0.1, -0.05) is 24.3 Å². The fourth-order valence-electron chi connectivity index (χ4n) is 7.20. The molecule has 6 N–H and O–H groups in total. The third-order valence-electron chi connectivity index (χ3n) is 9.51. The van der Waals surface area contributed by atoms with Gasteiger partial charge in [-0.05, 0) is 57.9 Å². The number of hydrogen-bond acceptors (Lipinski definition) is 9. The fourth-order valence-corrected chi connectivity index (χ4v) is 7.20. The van der Waals surface area contributed by atoms with Crippen LogP contribution in [0.5, 0.6) is 0 Å². The number of nitrogens with one attached hydrogen (secondary N) is 6. The first kappa shape index (κ1) is 29.4. The third-order valence-corrected chi connectivity index (χ3v) is 9.51. The predicted octanol–water partition coefficient (Wildman–Crippen LogP) is 3.63. The Morgan fingerprint density at radius 3 is 0.981 bits per heavy atom. The van der Waals surface area contributed by atoms with Gasteiger partial charge in [0.25, 0.3) is 0 Å². The molecule has 0 amide bonds. The van der Waals surface area contributed by atoms with Gasteiger partial charge < -0.3 is 59.8 Å². The summed E-state index contributed by atoms with van der Waals surface area (Å²) in [5.74, 6) is 1.26. The van der Waals surface area contributed by atoms with E-state index in [9.17, 15) is 14.4 Å². The summed E-state index contributed by atoms with van der Waals surface area (Å²) in [4.78, 5) is 93.2. The van der Waals surface area contributed by atoms with Crippen molar-refractivity contribution in [2.24, 2.45) is 0 Å². The summed E-state index contributed by atoms with van der Waals surface area (Å²) < 4.78 is 0. The van der Waals surface area contributed by atoms with E-state index in [1.54, 1.807) is 36.4 Å². The van der Waals surface area contributed by atoms with Crippen molar-refractivity contribution in [3.05, 3.63) is 92.1 Å². The van der Waals surface area contributed by atoms with Gasteiger partial charge >= 0.3 is 36.5 Å². The second kappa shape index (κ2) is 10.1. The molecule has 0 aliphatic carbocycles. The molecule has 0 radical (unpaired) electrons. The molecule has 2 aliphatic rings. The quantitative estimate of drug-likeness (QED) is 0.122. The van der Waals surface area contributed by atoms with E-state index in [1.165, 1.54) is 0 Å². The van der Waals surface area contributed by atoms with Crippen molar-refractivity contribution >= 4 is 77.2 Å². The van der Waals surface area contributed by atoms with Crippen LogP contribution in [-0.2, 0) is 19.5 Å². The molecule has 10 aromatic rings. The summed E-state index contributed by atoms with van der Waals surface area (Å²) >= 11 is 0. The largest absolute Gasteiger partial charge is 2.00 e. The molecular weight excluding hydrogens is 730 g/mol. The van der Waals surface area contributed by atoms with E-state index < -0.39 is 0 Å². The Morgan fingerprint density at radius 2 is 0.660 bits per heavy atom. The molecule has 6 aromatic heterocycles. The normalized spacial score (nSPS) is 12.2. The van der Waals surface area contributed by atoms with E-state index in [0.717, 1.165) is 10.8 Å². The van der Waals surface area contributed by atoms with Crippen LogP contribution in [0, 0.1) is 0 Å². The second-order valence-electron chi connectivity index (χ2n) is 12.6. The first-order chi connectivity index (χ1) is 25.4. The number of benzene rings is 4. The number of H-pyrrole nitrogens is 6. The van der Waals surface area contributed by atoms with E-state index in [2.05, 4.69) is 29.9 Å². The Bertz CT molecular complexity index is 3400. The van der Waals surface area contributed by atoms with Crippen LogP contribution in [-0.4, -0.2) is 59.8 Å². The fraction of sp³-hybridized carbons (Fsp3) is 0. The van der Waals surface area contributed by atoms with Crippen LogP contribution in [0.15, 0.2) is 75.0 Å². The maximum absolute atomic E-state index is 12.3. The Balaban J connectivity index is 0.00000331. The van der Waals surface area contributed by atoms with Crippen LogP contribution in [0.3, 0.4) is 0 Å². The van der Waals surface area contributed by atoms with Crippen molar-refractivity contribution < 1.29 is 19.5 Å². The third kappa shape index (κ3) is 4.17. The molecule has 17 nitrogen and oxygen atoms in total. The number of imidazole rings is 3. The van der Waals surface area contributed by atoms with Crippen LogP contribution < -0.4 is 27.0 Å². The zero-order valence-electron chi connectivity index (χ0n) is 26.8. The molecule has 4 aromatic carbocycles. The second-order valence-corrected chi connectivity index (χ2v) is 12.6. The molecule has 8 heterocycles. The minimum absolute atomic E-state index is 0. The first-order valence-electron chi connectivity index (χ1n) is 16.0. The van der Waals surface area contributed by atoms with Crippen molar-refractivity contribution in [1.82, 2.24) is 69.8 Å². The molecule has 246 valence electrons. The SMILES string of the molecule is O=c1[nH]c2cc3c(cc2[nH]1)-c1nc-3nc2[n-]c(nc3nc(nc4[n-]c(n1)c1cc5[nH]c(=O)[nH]c5cc41)-c1cc4[nH]c(=O)[nH]c4cc1-3)c1ccccc21.[Zn+2]. The van der Waals surface area contributed by atoms with Gasteiger partial charge in [0.05, 0.1) is 56.4 Å². The minimum Gasteiger partial charge on any atom is -0.357 e. The Morgan fingerprint density at radius 1 is 0.377 bits per heavy atom. The van der Waals surface area contributed by atoms with E-state index in [4.69, 9.17) is 39.9 Å². The van der Waals surface area contributed by atoms with Crippen LogP contribution in [0.1, 0.15) is 0 Å². The first-order valence-corrected chi connectivity index (χ1v) is 16.0. The van der Waals surface area contributed by atoms with Crippen LogP contribution in [0.2, 0.25) is 0 Å². The van der Waals surface area contributed by atoms with Gasteiger partial charge in [-0.3, -0.25) is 0 Å². The maximum atomic E-state index is 12.3. The number of hydrogen-bond donors (Lipinski definition) is 6. The summed E-state index contributed by atoms with van der Waals surface area (Å²) in [6.07, 6.45) is 0. The molecule has 0 fully saturated rings. The molecule has 0 atom stereocenters. The minimum atomic E-state index is -0.364. The summed E-state index contributed by atoms with van der Waals surface area (Å²) in [6, 6.07) is 18.4. The van der Waals surface area contributed by atoms with Crippen LogP contribution in [0.25, 0.3) is 123 Å². The zero-order chi connectivity index (χ0) is 34.4. The monoisotopic (exact) mass is 744 g/mol. The number of rotatable bonds is 0. The van der Waals surface area contributed by atoms with E-state index in [-0.39, 0.29) is 47.8 Å². The van der Waals surface area contributed by atoms with Gasteiger partial charge in [0.1, 0.15) is 0 Å². The summed E-state index contributed by atoms with van der Waals surface area (Å²) in [7, 11) is 0. The number of aromatic nitrogens is 14. The van der Waals surface area contributed by atoms with Gasteiger partial charge in [-0.15, -0.1) is 0 Å². The van der Waals surface area contributed by atoms with Gasteiger partial charge in [0, 0.05) is 44.8 Å². The smallest absolute Gasteiger partial charge is 0.357 e. The molecule has 2 aliphatic heterocycles. The number of fused-ring (bicyclic) bond motifs is 23. The molecule has 12 rings (SSSR count). The number of aromatic amines is 6. The van der Waals surface area contributed by atoms with Crippen molar-refractivity contribution in [2.75, 3.05) is 0 Å². The summed E-state index contributed by atoms with van der Waals surface area (Å²) in [5, 5.41) is 2.68. The molecule has 0 saturated heterocycles. The van der Waals surface area contributed by atoms with Crippen molar-refractivity contribution in [1.29, 1.82) is 0 Å². The predicted molar refractivity (Wildman–Crippen MR) is 191 cm³/mol. The van der Waals surface area contributed by atoms with E-state index >= 15 is 0 Å². The Kier molecular flexibility index (Phi) is 5.63. The maximum Gasteiger partial charge on any atom is 2.00 e. The van der Waals surface area contributed by atoms with E-state index in [1.807, 2.05) is 24.3 Å². The van der Waals surface area contributed by atoms with E-state index in [0.29, 0.717) is 101 Å². The molecule has 8 bridgehead atoms. The summed E-state index contributed by atoms with van der Waals surface area (Å²) in [5.41, 5.74) is 6.19. The molecular formula is C35H16N14O3Zn. The van der Waals surface area contributed by atoms with Gasteiger partial charge in [-0.2, -0.15) is 0 Å². The molecule has 18 heteroatoms. The van der Waals surface area contributed by atoms with Crippen LogP contribution in [0.4, 0.5) is 0 Å². The van der Waals surface area contributed by atoms with Crippen molar-refractivity contribution in [3.8, 4) is 45.6 Å². The Hall–Kier alpha value is -7.33. The molecule has 0 saturated carbocycles. The molecule has 0 spiro atoms.